The lowest BCUT2D eigenvalue weighted by molar-refractivity contribution is 0.0550. The second kappa shape index (κ2) is 8.38. The maximum Gasteiger partial charge on any atom is 0.317 e. The van der Waals surface area contributed by atoms with Crippen molar-refractivity contribution >= 4 is 6.03 Å². The number of urea groups is 1. The highest BCUT2D eigenvalue weighted by molar-refractivity contribution is 5.74. The van der Waals surface area contributed by atoms with Crippen LogP contribution >= 0.6 is 0 Å². The van der Waals surface area contributed by atoms with Crippen molar-refractivity contribution in [2.75, 3.05) is 40.0 Å². The first kappa shape index (κ1) is 17.1. The minimum absolute atomic E-state index is 0.0686. The number of para-hydroxylation sites is 1. The van der Waals surface area contributed by atoms with E-state index in [1.54, 1.807) is 7.11 Å². The molecule has 2 aliphatic rings. The highest BCUT2D eigenvalue weighted by Gasteiger charge is 2.26. The number of nitrogens with zero attached hydrogens (tertiary/aromatic N) is 1. The van der Waals surface area contributed by atoms with Gasteiger partial charge in [-0.1, -0.05) is 18.2 Å². The minimum Gasteiger partial charge on any atom is -0.496 e. The normalized spacial score (nSPS) is 22.2. The van der Waals surface area contributed by atoms with Gasteiger partial charge in [0.05, 0.1) is 13.7 Å². The van der Waals surface area contributed by atoms with Crippen LogP contribution in [0.15, 0.2) is 24.3 Å². The van der Waals surface area contributed by atoms with E-state index in [2.05, 4.69) is 17.4 Å². The Hall–Kier alpha value is -1.75. The number of hydrogen-bond donors (Lipinski definition) is 1. The van der Waals surface area contributed by atoms with Gasteiger partial charge >= 0.3 is 6.03 Å². The van der Waals surface area contributed by atoms with E-state index in [1.807, 2.05) is 17.0 Å². The summed E-state index contributed by atoms with van der Waals surface area (Å²) in [6, 6.07) is 8.28. The van der Waals surface area contributed by atoms with Crippen molar-refractivity contribution in [2.45, 2.75) is 31.6 Å². The number of amides is 2. The lowest BCUT2D eigenvalue weighted by atomic mass is 9.89. The zero-order valence-corrected chi connectivity index (χ0v) is 14.5. The summed E-state index contributed by atoms with van der Waals surface area (Å²) in [4.78, 5) is 14.3. The third-order valence-electron chi connectivity index (χ3n) is 5.16. The van der Waals surface area contributed by atoms with Crippen LogP contribution in [0.3, 0.4) is 0 Å². The summed E-state index contributed by atoms with van der Waals surface area (Å²) < 4.78 is 10.9. The molecule has 132 valence electrons. The van der Waals surface area contributed by atoms with Crippen LogP contribution in [0.4, 0.5) is 4.79 Å². The van der Waals surface area contributed by atoms with Crippen LogP contribution in [0.25, 0.3) is 0 Å². The molecule has 0 unspecified atom stereocenters. The largest absolute Gasteiger partial charge is 0.496 e. The number of benzene rings is 1. The lowest BCUT2D eigenvalue weighted by Crippen LogP contribution is -2.46. The van der Waals surface area contributed by atoms with Crippen molar-refractivity contribution in [3.8, 4) is 5.75 Å². The molecule has 0 spiro atoms. The molecule has 24 heavy (non-hydrogen) atoms. The Bertz CT molecular complexity index is 535. The second-order valence-electron chi connectivity index (χ2n) is 6.77. The predicted octanol–water partition coefficient (Wildman–Crippen LogP) is 3.01. The molecule has 2 aliphatic heterocycles. The van der Waals surface area contributed by atoms with E-state index in [0.29, 0.717) is 11.8 Å². The third kappa shape index (κ3) is 4.20. The monoisotopic (exact) mass is 332 g/mol. The first-order valence-electron chi connectivity index (χ1n) is 9.01. The molecule has 1 aromatic carbocycles. The highest BCUT2D eigenvalue weighted by atomic mass is 16.5. The predicted molar refractivity (Wildman–Crippen MR) is 93.5 cm³/mol. The van der Waals surface area contributed by atoms with Crippen molar-refractivity contribution in [2.24, 2.45) is 5.92 Å². The summed E-state index contributed by atoms with van der Waals surface area (Å²) in [5, 5.41) is 3.08. The molecule has 1 N–H and O–H groups in total. The molecule has 2 saturated heterocycles. The van der Waals surface area contributed by atoms with Gasteiger partial charge in [-0.25, -0.2) is 4.79 Å². The van der Waals surface area contributed by atoms with Crippen molar-refractivity contribution in [3.05, 3.63) is 29.8 Å². The quantitative estimate of drug-likeness (QED) is 0.922. The summed E-state index contributed by atoms with van der Waals surface area (Å²) >= 11 is 0. The van der Waals surface area contributed by atoms with Gasteiger partial charge in [0.25, 0.3) is 0 Å². The topological polar surface area (TPSA) is 50.8 Å². The molecule has 0 aromatic heterocycles. The zero-order chi connectivity index (χ0) is 16.8. The Balaban J connectivity index is 1.46. The summed E-state index contributed by atoms with van der Waals surface area (Å²) in [6.07, 6.45) is 4.22. The maximum atomic E-state index is 12.4. The molecule has 0 saturated carbocycles. The molecule has 5 heteroatoms. The molecule has 2 fully saturated rings. The average molecular weight is 332 g/mol. The van der Waals surface area contributed by atoms with Gasteiger partial charge in [0, 0.05) is 26.2 Å². The van der Waals surface area contributed by atoms with Crippen LogP contribution in [0.1, 0.15) is 37.2 Å². The smallest absolute Gasteiger partial charge is 0.317 e. The molecule has 5 nitrogen and oxygen atoms in total. The van der Waals surface area contributed by atoms with E-state index < -0.39 is 0 Å². The first-order chi connectivity index (χ1) is 11.8. The summed E-state index contributed by atoms with van der Waals surface area (Å²) in [6.45, 7) is 3.97. The number of carbonyl (C=O) groups excluding carboxylic acids is 1. The van der Waals surface area contributed by atoms with Gasteiger partial charge in [0.15, 0.2) is 0 Å². The van der Waals surface area contributed by atoms with Gasteiger partial charge in [-0.3, -0.25) is 0 Å². The molecule has 2 amide bonds. The fourth-order valence-electron chi connectivity index (χ4n) is 3.71. The average Bonchev–Trinajstić information content (AvgIpc) is 2.67. The van der Waals surface area contributed by atoms with Crippen molar-refractivity contribution in [1.82, 2.24) is 10.2 Å². The second-order valence-corrected chi connectivity index (χ2v) is 6.77. The third-order valence-corrected chi connectivity index (χ3v) is 5.16. The number of likely N-dealkylation sites (tertiary alicyclic amines) is 1. The van der Waals surface area contributed by atoms with Crippen LogP contribution in [0.2, 0.25) is 0 Å². The van der Waals surface area contributed by atoms with Gasteiger partial charge in [0.2, 0.25) is 0 Å². The standard InChI is InChI=1S/C19H28N2O3/c1-23-18-7-3-2-6-17(18)16-8-10-21(11-9-16)19(22)20-13-15-5-4-12-24-14-15/h2-3,6-7,15-16H,4-5,8-14H2,1H3,(H,20,22)/t15-/m1/s1. The number of hydrogen-bond acceptors (Lipinski definition) is 3. The van der Waals surface area contributed by atoms with Gasteiger partial charge < -0.3 is 19.7 Å². The molecule has 0 radical (unpaired) electrons. The SMILES string of the molecule is COc1ccccc1C1CCN(C(=O)NC[C@H]2CCCOC2)CC1. The van der Waals surface area contributed by atoms with E-state index in [-0.39, 0.29) is 6.03 Å². The zero-order valence-electron chi connectivity index (χ0n) is 14.5. The molecular weight excluding hydrogens is 304 g/mol. The number of nitrogens with one attached hydrogen (secondary N) is 1. The number of methoxy groups -OCH3 is 1. The Labute approximate surface area is 144 Å². The Kier molecular flexibility index (Phi) is 5.96. The van der Waals surface area contributed by atoms with E-state index in [4.69, 9.17) is 9.47 Å². The van der Waals surface area contributed by atoms with Gasteiger partial charge in [-0.15, -0.1) is 0 Å². The summed E-state index contributed by atoms with van der Waals surface area (Å²) in [7, 11) is 1.72. The van der Waals surface area contributed by atoms with Crippen LogP contribution in [-0.2, 0) is 4.74 Å². The van der Waals surface area contributed by atoms with E-state index in [0.717, 1.165) is 64.3 Å². The van der Waals surface area contributed by atoms with Crippen molar-refractivity contribution in [3.63, 3.8) is 0 Å². The molecule has 1 atom stereocenters. The Morgan fingerprint density at radius 1 is 1.29 bits per heavy atom. The molecular formula is C19H28N2O3. The molecule has 0 aliphatic carbocycles. The molecule has 0 bridgehead atoms. The first-order valence-corrected chi connectivity index (χ1v) is 9.01. The van der Waals surface area contributed by atoms with Crippen LogP contribution < -0.4 is 10.1 Å². The van der Waals surface area contributed by atoms with Crippen molar-refractivity contribution < 1.29 is 14.3 Å². The minimum atomic E-state index is 0.0686. The fourth-order valence-corrected chi connectivity index (χ4v) is 3.71. The number of ether oxygens (including phenoxy) is 2. The molecule has 1 aromatic rings. The Morgan fingerprint density at radius 3 is 2.79 bits per heavy atom. The van der Waals surface area contributed by atoms with E-state index >= 15 is 0 Å². The summed E-state index contributed by atoms with van der Waals surface area (Å²) in [5.74, 6) is 1.89. The van der Waals surface area contributed by atoms with Gasteiger partial charge in [0.1, 0.15) is 5.75 Å². The number of piperidine rings is 1. The van der Waals surface area contributed by atoms with Gasteiger partial charge in [-0.2, -0.15) is 0 Å². The summed E-state index contributed by atoms with van der Waals surface area (Å²) in [5.41, 5.74) is 1.26. The van der Waals surface area contributed by atoms with E-state index in [9.17, 15) is 4.79 Å². The van der Waals surface area contributed by atoms with Gasteiger partial charge in [-0.05, 0) is 49.1 Å². The molecule has 2 heterocycles. The lowest BCUT2D eigenvalue weighted by Gasteiger charge is -2.33. The highest BCUT2D eigenvalue weighted by Crippen LogP contribution is 2.33. The van der Waals surface area contributed by atoms with Crippen molar-refractivity contribution in [1.29, 1.82) is 0 Å². The molecule has 3 rings (SSSR count). The fraction of sp³-hybridized carbons (Fsp3) is 0.632. The maximum absolute atomic E-state index is 12.4. The van der Waals surface area contributed by atoms with Crippen LogP contribution in [-0.4, -0.2) is 50.9 Å². The number of carbonyl (C=O) groups is 1. The Morgan fingerprint density at radius 2 is 2.08 bits per heavy atom. The van der Waals surface area contributed by atoms with E-state index in [1.165, 1.54) is 5.56 Å². The number of rotatable bonds is 4. The van der Waals surface area contributed by atoms with Crippen LogP contribution in [0, 0.1) is 5.92 Å². The van der Waals surface area contributed by atoms with Crippen LogP contribution in [0.5, 0.6) is 5.75 Å².